The van der Waals surface area contributed by atoms with Crippen LogP contribution in [0.3, 0.4) is 0 Å². The monoisotopic (exact) mass is 346 g/mol. The number of hydrogen-bond acceptors (Lipinski definition) is 3. The van der Waals surface area contributed by atoms with Gasteiger partial charge in [-0.3, -0.25) is 9.59 Å². The van der Waals surface area contributed by atoms with Crippen LogP contribution in [0.5, 0.6) is 0 Å². The number of hydrogen-bond donors (Lipinski definition) is 0. The third kappa shape index (κ3) is 3.20. The van der Waals surface area contributed by atoms with Crippen molar-refractivity contribution in [1.82, 2.24) is 0 Å². The second kappa shape index (κ2) is 6.73. The van der Waals surface area contributed by atoms with Gasteiger partial charge in [-0.05, 0) is 54.8 Å². The van der Waals surface area contributed by atoms with Crippen molar-refractivity contribution in [3.8, 4) is 0 Å². The summed E-state index contributed by atoms with van der Waals surface area (Å²) in [5.74, 6) is -1.17. The minimum absolute atomic E-state index is 0.318. The standard InChI is InChI=1S/C19H16ClFO3/c20-15-6-4-14(5-7-15)19(10-1-11-19)18(23)24-12-17(22)13-2-8-16(21)9-3-13/h2-9H,1,10-12H2. The molecule has 5 heteroatoms. The fourth-order valence-corrected chi connectivity index (χ4v) is 3.02. The van der Waals surface area contributed by atoms with Crippen LogP contribution in [0.4, 0.5) is 4.39 Å². The Labute approximate surface area is 144 Å². The molecule has 0 radical (unpaired) electrons. The van der Waals surface area contributed by atoms with Crippen LogP contribution in [0.15, 0.2) is 48.5 Å². The van der Waals surface area contributed by atoms with Gasteiger partial charge in [-0.15, -0.1) is 0 Å². The molecule has 2 aromatic carbocycles. The molecule has 0 spiro atoms. The Balaban J connectivity index is 1.68. The Hall–Kier alpha value is -2.20. The number of benzene rings is 2. The topological polar surface area (TPSA) is 43.4 Å². The van der Waals surface area contributed by atoms with Crippen LogP contribution >= 0.6 is 11.6 Å². The second-order valence-corrected chi connectivity index (χ2v) is 6.39. The van der Waals surface area contributed by atoms with Gasteiger partial charge in [0.2, 0.25) is 0 Å². The van der Waals surface area contributed by atoms with Crippen LogP contribution in [-0.2, 0) is 14.9 Å². The molecule has 1 fully saturated rings. The van der Waals surface area contributed by atoms with Crippen LogP contribution in [0.1, 0.15) is 35.2 Å². The molecule has 0 saturated heterocycles. The molecule has 0 aliphatic heterocycles. The SMILES string of the molecule is O=C(COC(=O)C1(c2ccc(Cl)cc2)CCC1)c1ccc(F)cc1. The van der Waals surface area contributed by atoms with Crippen molar-refractivity contribution in [2.75, 3.05) is 6.61 Å². The fourth-order valence-electron chi connectivity index (χ4n) is 2.90. The number of ether oxygens (including phenoxy) is 1. The van der Waals surface area contributed by atoms with Crippen molar-refractivity contribution in [2.45, 2.75) is 24.7 Å². The van der Waals surface area contributed by atoms with Gasteiger partial charge in [0.15, 0.2) is 12.4 Å². The van der Waals surface area contributed by atoms with Gasteiger partial charge >= 0.3 is 5.97 Å². The number of ketones is 1. The van der Waals surface area contributed by atoms with E-state index >= 15 is 0 Å². The average molecular weight is 347 g/mol. The minimum atomic E-state index is -0.687. The lowest BCUT2D eigenvalue weighted by Crippen LogP contribution is -2.44. The predicted octanol–water partition coefficient (Wildman–Crippen LogP) is 4.33. The van der Waals surface area contributed by atoms with Crippen molar-refractivity contribution < 1.29 is 18.7 Å². The smallest absolute Gasteiger partial charge is 0.317 e. The quantitative estimate of drug-likeness (QED) is 0.598. The van der Waals surface area contributed by atoms with Crippen molar-refractivity contribution in [2.24, 2.45) is 0 Å². The summed E-state index contributed by atoms with van der Waals surface area (Å²) in [7, 11) is 0. The summed E-state index contributed by atoms with van der Waals surface area (Å²) in [5, 5.41) is 0.605. The summed E-state index contributed by atoms with van der Waals surface area (Å²) in [6.07, 6.45) is 2.32. The summed E-state index contributed by atoms with van der Waals surface area (Å²) < 4.78 is 18.1. The summed E-state index contributed by atoms with van der Waals surface area (Å²) in [6, 6.07) is 12.3. The Kier molecular flexibility index (Phi) is 4.67. The molecule has 0 amide bonds. The van der Waals surface area contributed by atoms with Gasteiger partial charge in [-0.2, -0.15) is 0 Å². The number of carbonyl (C=O) groups is 2. The molecule has 2 aromatic rings. The molecule has 1 aliphatic rings. The highest BCUT2D eigenvalue weighted by Gasteiger charge is 2.47. The maximum absolute atomic E-state index is 12.9. The highest BCUT2D eigenvalue weighted by molar-refractivity contribution is 6.30. The van der Waals surface area contributed by atoms with Crippen LogP contribution < -0.4 is 0 Å². The Morgan fingerprint density at radius 3 is 2.21 bits per heavy atom. The lowest BCUT2D eigenvalue weighted by Gasteiger charge is -2.39. The molecule has 3 rings (SSSR count). The second-order valence-electron chi connectivity index (χ2n) is 5.95. The zero-order valence-corrected chi connectivity index (χ0v) is 13.7. The molecule has 0 heterocycles. The molecule has 124 valence electrons. The average Bonchev–Trinajstić information content (AvgIpc) is 2.54. The summed E-state index contributed by atoms with van der Waals surface area (Å²) in [6.45, 7) is -0.347. The van der Waals surface area contributed by atoms with Crippen molar-refractivity contribution in [3.63, 3.8) is 0 Å². The number of esters is 1. The van der Waals surface area contributed by atoms with Crippen molar-refractivity contribution in [3.05, 3.63) is 70.5 Å². The van der Waals surface area contributed by atoms with Gasteiger partial charge in [0.25, 0.3) is 0 Å². The first-order valence-corrected chi connectivity index (χ1v) is 8.11. The van der Waals surface area contributed by atoms with Crippen molar-refractivity contribution in [1.29, 1.82) is 0 Å². The Bertz CT molecular complexity index is 749. The third-order valence-electron chi connectivity index (χ3n) is 4.50. The highest BCUT2D eigenvalue weighted by atomic mass is 35.5. The first-order chi connectivity index (χ1) is 11.5. The van der Waals surface area contributed by atoms with E-state index in [1.54, 1.807) is 12.1 Å². The lowest BCUT2D eigenvalue weighted by molar-refractivity contribution is -0.153. The zero-order chi connectivity index (χ0) is 17.2. The maximum Gasteiger partial charge on any atom is 0.317 e. The van der Waals surface area contributed by atoms with E-state index in [-0.39, 0.29) is 12.4 Å². The highest BCUT2D eigenvalue weighted by Crippen LogP contribution is 2.45. The minimum Gasteiger partial charge on any atom is -0.457 e. The van der Waals surface area contributed by atoms with E-state index in [0.717, 1.165) is 12.0 Å². The lowest BCUT2D eigenvalue weighted by atomic mass is 9.64. The molecular weight excluding hydrogens is 331 g/mol. The summed E-state index contributed by atoms with van der Waals surface area (Å²) in [5.41, 5.74) is 0.490. The number of carbonyl (C=O) groups excluding carboxylic acids is 2. The zero-order valence-electron chi connectivity index (χ0n) is 12.9. The van der Waals surface area contributed by atoms with Crippen LogP contribution in [0.2, 0.25) is 5.02 Å². The van der Waals surface area contributed by atoms with Gasteiger partial charge in [0.1, 0.15) is 5.82 Å². The number of Topliss-reactive ketones (excluding diaryl/α,β-unsaturated/α-hetero) is 1. The van der Waals surface area contributed by atoms with E-state index in [4.69, 9.17) is 16.3 Å². The maximum atomic E-state index is 12.9. The van der Waals surface area contributed by atoms with Crippen LogP contribution in [-0.4, -0.2) is 18.4 Å². The van der Waals surface area contributed by atoms with Crippen LogP contribution in [0.25, 0.3) is 0 Å². The largest absolute Gasteiger partial charge is 0.457 e. The third-order valence-corrected chi connectivity index (χ3v) is 4.75. The molecule has 1 saturated carbocycles. The van der Waals surface area contributed by atoms with Gasteiger partial charge < -0.3 is 4.74 Å². The van der Waals surface area contributed by atoms with E-state index in [9.17, 15) is 14.0 Å². The van der Waals surface area contributed by atoms with Crippen molar-refractivity contribution >= 4 is 23.4 Å². The molecule has 0 N–H and O–H groups in total. The van der Waals surface area contributed by atoms with E-state index in [1.165, 1.54) is 24.3 Å². The molecule has 0 unspecified atom stereocenters. The van der Waals surface area contributed by atoms with Crippen LogP contribution in [0, 0.1) is 5.82 Å². The summed E-state index contributed by atoms with van der Waals surface area (Å²) >= 11 is 5.90. The Morgan fingerprint density at radius 1 is 1.04 bits per heavy atom. The fraction of sp³-hybridized carbons (Fsp3) is 0.263. The van der Waals surface area contributed by atoms with Gasteiger partial charge in [0, 0.05) is 10.6 Å². The normalized spacial score (nSPS) is 15.4. The van der Waals surface area contributed by atoms with Gasteiger partial charge in [0.05, 0.1) is 5.41 Å². The Morgan fingerprint density at radius 2 is 1.67 bits per heavy atom. The molecule has 3 nitrogen and oxygen atoms in total. The van der Waals surface area contributed by atoms with E-state index in [1.807, 2.05) is 12.1 Å². The van der Waals surface area contributed by atoms with E-state index in [2.05, 4.69) is 0 Å². The molecule has 0 bridgehead atoms. The molecular formula is C19H16ClFO3. The van der Waals surface area contributed by atoms with E-state index < -0.39 is 17.2 Å². The first kappa shape index (κ1) is 16.7. The predicted molar refractivity (Wildman–Crippen MR) is 88.7 cm³/mol. The van der Waals surface area contributed by atoms with Gasteiger partial charge in [-0.1, -0.05) is 30.2 Å². The summed E-state index contributed by atoms with van der Waals surface area (Å²) in [4.78, 5) is 24.6. The molecule has 1 aliphatic carbocycles. The molecule has 0 atom stereocenters. The van der Waals surface area contributed by atoms with Gasteiger partial charge in [-0.25, -0.2) is 4.39 Å². The number of halogens is 2. The van der Waals surface area contributed by atoms with E-state index in [0.29, 0.717) is 23.4 Å². The number of rotatable bonds is 5. The molecule has 24 heavy (non-hydrogen) atoms. The molecule has 0 aromatic heterocycles. The first-order valence-electron chi connectivity index (χ1n) is 7.73.